The maximum Gasteiger partial charge on any atom is 0.311 e. The molecule has 0 saturated carbocycles. The molecule has 0 bridgehead atoms. The summed E-state index contributed by atoms with van der Waals surface area (Å²) >= 11 is 0. The van der Waals surface area contributed by atoms with Crippen molar-refractivity contribution in [3.8, 4) is 5.75 Å². The number of pyridine rings is 1. The first kappa shape index (κ1) is 15.0. The highest BCUT2D eigenvalue weighted by atomic mass is 16.6. The van der Waals surface area contributed by atoms with Gasteiger partial charge in [-0.1, -0.05) is 0 Å². The number of anilines is 1. The van der Waals surface area contributed by atoms with Crippen molar-refractivity contribution in [1.82, 2.24) is 4.98 Å². The van der Waals surface area contributed by atoms with E-state index in [0.717, 1.165) is 0 Å². The third kappa shape index (κ3) is 2.63. The van der Waals surface area contributed by atoms with E-state index in [1.54, 1.807) is 23.1 Å². The minimum absolute atomic E-state index is 0.117. The summed E-state index contributed by atoms with van der Waals surface area (Å²) in [6.45, 7) is 0.713. The van der Waals surface area contributed by atoms with E-state index >= 15 is 0 Å². The number of hydrogen-bond acceptors (Lipinski definition) is 6. The lowest BCUT2D eigenvalue weighted by atomic mass is 10.1. The van der Waals surface area contributed by atoms with E-state index in [1.165, 1.54) is 13.3 Å². The summed E-state index contributed by atoms with van der Waals surface area (Å²) in [5, 5.41) is 21.1. The number of carboxylic acid groups (broad SMARTS) is 1. The Hall–Kier alpha value is -2.90. The standard InChI is InChI=1S/C15H15N3O5/c1-23-10-2-3-11-12(6-10)16-7-13(18(21)22)14(11)17-5-4-9(8-17)15(19)20/h2-3,6-7,9H,4-5,8H2,1H3,(H,19,20). The number of carbonyl (C=O) groups is 1. The van der Waals surface area contributed by atoms with Crippen molar-refractivity contribution < 1.29 is 19.6 Å². The van der Waals surface area contributed by atoms with Gasteiger partial charge in [-0.05, 0) is 18.6 Å². The Morgan fingerprint density at radius 3 is 2.91 bits per heavy atom. The molecule has 1 aliphatic heterocycles. The van der Waals surface area contributed by atoms with Crippen LogP contribution in [-0.2, 0) is 4.79 Å². The molecule has 2 heterocycles. The van der Waals surface area contributed by atoms with E-state index in [4.69, 9.17) is 9.84 Å². The Morgan fingerprint density at radius 2 is 2.30 bits per heavy atom. The molecule has 8 nitrogen and oxygen atoms in total. The molecule has 1 fully saturated rings. The number of aliphatic carboxylic acids is 1. The minimum Gasteiger partial charge on any atom is -0.497 e. The molecule has 1 aromatic heterocycles. The molecule has 1 N–H and O–H groups in total. The Labute approximate surface area is 131 Å². The number of fused-ring (bicyclic) bond motifs is 1. The SMILES string of the molecule is COc1ccc2c(N3CCC(C(=O)O)C3)c([N+](=O)[O-])cnc2c1. The van der Waals surface area contributed by atoms with Crippen LogP contribution < -0.4 is 9.64 Å². The van der Waals surface area contributed by atoms with Gasteiger partial charge in [-0.25, -0.2) is 4.98 Å². The van der Waals surface area contributed by atoms with Crippen LogP contribution in [0.15, 0.2) is 24.4 Å². The summed E-state index contributed by atoms with van der Waals surface area (Å²) < 4.78 is 5.15. The molecule has 0 radical (unpaired) electrons. The van der Waals surface area contributed by atoms with Crippen LogP contribution in [-0.4, -0.2) is 41.2 Å². The van der Waals surface area contributed by atoms with E-state index < -0.39 is 16.8 Å². The van der Waals surface area contributed by atoms with Gasteiger partial charge in [0.15, 0.2) is 0 Å². The number of rotatable bonds is 4. The van der Waals surface area contributed by atoms with Crippen LogP contribution >= 0.6 is 0 Å². The van der Waals surface area contributed by atoms with Crippen molar-refractivity contribution in [3.05, 3.63) is 34.5 Å². The van der Waals surface area contributed by atoms with Crippen LogP contribution in [0.5, 0.6) is 5.75 Å². The Bertz CT molecular complexity index is 792. The maximum atomic E-state index is 11.4. The van der Waals surface area contributed by atoms with Crippen LogP contribution in [0.1, 0.15) is 6.42 Å². The second-order valence-corrected chi connectivity index (χ2v) is 5.40. The van der Waals surface area contributed by atoms with Crippen molar-refractivity contribution >= 4 is 28.2 Å². The predicted molar refractivity (Wildman–Crippen MR) is 82.9 cm³/mol. The Morgan fingerprint density at radius 1 is 1.52 bits per heavy atom. The molecule has 120 valence electrons. The van der Waals surface area contributed by atoms with Gasteiger partial charge >= 0.3 is 11.7 Å². The Balaban J connectivity index is 2.14. The highest BCUT2D eigenvalue weighted by molar-refractivity contribution is 5.97. The van der Waals surface area contributed by atoms with E-state index in [2.05, 4.69) is 4.98 Å². The van der Waals surface area contributed by atoms with Crippen molar-refractivity contribution in [2.75, 3.05) is 25.1 Å². The molecule has 1 aromatic carbocycles. The van der Waals surface area contributed by atoms with E-state index in [0.29, 0.717) is 35.3 Å². The zero-order valence-electron chi connectivity index (χ0n) is 12.4. The van der Waals surface area contributed by atoms with Crippen molar-refractivity contribution in [1.29, 1.82) is 0 Å². The fraction of sp³-hybridized carbons (Fsp3) is 0.333. The van der Waals surface area contributed by atoms with Gasteiger partial charge in [0.25, 0.3) is 0 Å². The molecule has 8 heteroatoms. The third-order valence-electron chi connectivity index (χ3n) is 4.08. The second kappa shape index (κ2) is 5.71. The van der Waals surface area contributed by atoms with Gasteiger partial charge in [-0.2, -0.15) is 0 Å². The molecular weight excluding hydrogens is 302 g/mol. The molecule has 1 unspecified atom stereocenters. The van der Waals surface area contributed by atoms with Crippen LogP contribution in [0.25, 0.3) is 10.9 Å². The predicted octanol–water partition coefficient (Wildman–Crippen LogP) is 2.06. The molecule has 0 spiro atoms. The zero-order valence-corrected chi connectivity index (χ0v) is 12.4. The first-order valence-electron chi connectivity index (χ1n) is 7.10. The van der Waals surface area contributed by atoms with Crippen LogP contribution in [0.2, 0.25) is 0 Å². The van der Waals surface area contributed by atoms with Crippen LogP contribution in [0, 0.1) is 16.0 Å². The van der Waals surface area contributed by atoms with Gasteiger partial charge < -0.3 is 14.7 Å². The highest BCUT2D eigenvalue weighted by Gasteiger charge is 2.33. The molecule has 1 saturated heterocycles. The fourth-order valence-corrected chi connectivity index (χ4v) is 2.91. The summed E-state index contributed by atoms with van der Waals surface area (Å²) in [4.78, 5) is 27.9. The largest absolute Gasteiger partial charge is 0.497 e. The molecular formula is C15H15N3O5. The van der Waals surface area contributed by atoms with E-state index in [9.17, 15) is 14.9 Å². The van der Waals surface area contributed by atoms with Gasteiger partial charge in [0.2, 0.25) is 0 Å². The van der Waals surface area contributed by atoms with Gasteiger partial charge in [-0.15, -0.1) is 0 Å². The first-order chi connectivity index (χ1) is 11.0. The monoisotopic (exact) mass is 317 g/mol. The van der Waals surface area contributed by atoms with Crippen LogP contribution in [0.4, 0.5) is 11.4 Å². The summed E-state index contributed by atoms with van der Waals surface area (Å²) in [5.74, 6) is -0.791. The van der Waals surface area contributed by atoms with Gasteiger partial charge in [0, 0.05) is 24.5 Å². The summed E-state index contributed by atoms with van der Waals surface area (Å²) in [6.07, 6.45) is 1.68. The number of carboxylic acids is 1. The molecule has 23 heavy (non-hydrogen) atoms. The molecule has 3 rings (SSSR count). The van der Waals surface area contributed by atoms with Gasteiger partial charge in [0.05, 0.1) is 23.5 Å². The Kier molecular flexibility index (Phi) is 3.73. The lowest BCUT2D eigenvalue weighted by molar-refractivity contribution is -0.384. The molecule has 0 aliphatic carbocycles. The second-order valence-electron chi connectivity index (χ2n) is 5.40. The summed E-state index contributed by atoms with van der Waals surface area (Å²) in [6, 6.07) is 5.13. The lowest BCUT2D eigenvalue weighted by Crippen LogP contribution is -2.23. The lowest BCUT2D eigenvalue weighted by Gasteiger charge is -2.20. The van der Waals surface area contributed by atoms with Crippen LogP contribution in [0.3, 0.4) is 0 Å². The average Bonchev–Trinajstić information content (AvgIpc) is 3.02. The number of benzene rings is 1. The number of nitro groups is 1. The fourth-order valence-electron chi connectivity index (χ4n) is 2.91. The number of ether oxygens (including phenoxy) is 1. The maximum absolute atomic E-state index is 11.4. The quantitative estimate of drug-likeness (QED) is 0.679. The molecule has 1 aliphatic rings. The van der Waals surface area contributed by atoms with Crippen molar-refractivity contribution in [2.24, 2.45) is 5.92 Å². The smallest absolute Gasteiger partial charge is 0.311 e. The molecule has 1 atom stereocenters. The van der Waals surface area contributed by atoms with Gasteiger partial charge in [-0.3, -0.25) is 14.9 Å². The first-order valence-corrected chi connectivity index (χ1v) is 7.10. The number of aromatic nitrogens is 1. The number of nitrogens with zero attached hydrogens (tertiary/aromatic N) is 3. The summed E-state index contributed by atoms with van der Waals surface area (Å²) in [5.41, 5.74) is 0.879. The highest BCUT2D eigenvalue weighted by Crippen LogP contribution is 2.38. The van der Waals surface area contributed by atoms with Crippen molar-refractivity contribution in [3.63, 3.8) is 0 Å². The van der Waals surface area contributed by atoms with E-state index in [1.807, 2.05) is 0 Å². The normalized spacial score (nSPS) is 17.4. The number of hydrogen-bond donors (Lipinski definition) is 1. The topological polar surface area (TPSA) is 106 Å². The van der Waals surface area contributed by atoms with Crippen molar-refractivity contribution in [2.45, 2.75) is 6.42 Å². The average molecular weight is 317 g/mol. The molecule has 2 aromatic rings. The van der Waals surface area contributed by atoms with E-state index in [-0.39, 0.29) is 12.2 Å². The zero-order chi connectivity index (χ0) is 16.6. The molecule has 0 amide bonds. The minimum atomic E-state index is -0.879. The van der Waals surface area contributed by atoms with Gasteiger partial charge in [0.1, 0.15) is 17.6 Å². The third-order valence-corrected chi connectivity index (χ3v) is 4.08. The number of methoxy groups -OCH3 is 1. The summed E-state index contributed by atoms with van der Waals surface area (Å²) in [7, 11) is 1.53.